The Morgan fingerprint density at radius 3 is 3.29 bits per heavy atom. The maximum absolute atomic E-state index is 3.51. The number of fused-ring (bicyclic) bond motifs is 2. The predicted molar refractivity (Wildman–Crippen MR) is 59.8 cm³/mol. The number of nitrogens with zero attached hydrogens (tertiary/aromatic N) is 1. The highest BCUT2D eigenvalue weighted by Crippen LogP contribution is 2.41. The van der Waals surface area contributed by atoms with Gasteiger partial charge in [-0.25, -0.2) is 0 Å². The second-order valence-electron chi connectivity index (χ2n) is 4.40. The molecule has 1 N–H and O–H groups in total. The van der Waals surface area contributed by atoms with Crippen LogP contribution in [-0.4, -0.2) is 31.6 Å². The molecule has 0 radical (unpaired) electrons. The minimum absolute atomic E-state index is 0.335. The van der Waals surface area contributed by atoms with Crippen LogP contribution in [0, 0.1) is 0 Å². The van der Waals surface area contributed by atoms with Gasteiger partial charge < -0.3 is 5.32 Å². The SMILES string of the molecule is CN1CCc2ccsc2[C@@]12CCNC2. The molecule has 2 aliphatic heterocycles. The molecular formula is C11H16N2S. The van der Waals surface area contributed by atoms with E-state index in [9.17, 15) is 0 Å². The van der Waals surface area contributed by atoms with Crippen LogP contribution in [0.1, 0.15) is 16.9 Å². The summed E-state index contributed by atoms with van der Waals surface area (Å²) in [4.78, 5) is 4.17. The molecule has 1 atom stereocenters. The number of thiophene rings is 1. The first kappa shape index (κ1) is 8.89. The predicted octanol–water partition coefficient (Wildman–Crippen LogP) is 1.42. The molecule has 3 heterocycles. The second-order valence-corrected chi connectivity index (χ2v) is 5.32. The van der Waals surface area contributed by atoms with Gasteiger partial charge in [0.2, 0.25) is 0 Å². The minimum Gasteiger partial charge on any atom is -0.314 e. The second kappa shape index (κ2) is 3.05. The van der Waals surface area contributed by atoms with Gasteiger partial charge in [-0.3, -0.25) is 4.90 Å². The van der Waals surface area contributed by atoms with Crippen LogP contribution >= 0.6 is 11.3 Å². The van der Waals surface area contributed by atoms with Crippen molar-refractivity contribution in [1.29, 1.82) is 0 Å². The maximum Gasteiger partial charge on any atom is 0.0692 e. The third-order valence-corrected chi connectivity index (χ3v) is 4.90. The first-order valence-corrected chi connectivity index (χ1v) is 6.20. The van der Waals surface area contributed by atoms with Crippen LogP contribution in [0.25, 0.3) is 0 Å². The fraction of sp³-hybridized carbons (Fsp3) is 0.636. The van der Waals surface area contributed by atoms with Gasteiger partial charge in [-0.05, 0) is 43.4 Å². The Kier molecular flexibility index (Phi) is 1.94. The van der Waals surface area contributed by atoms with E-state index in [1.54, 1.807) is 10.4 Å². The molecule has 0 amide bonds. The lowest BCUT2D eigenvalue weighted by atomic mass is 9.87. The van der Waals surface area contributed by atoms with Crippen molar-refractivity contribution in [2.24, 2.45) is 0 Å². The van der Waals surface area contributed by atoms with E-state index in [4.69, 9.17) is 0 Å². The number of nitrogens with one attached hydrogen (secondary N) is 1. The molecule has 3 heteroatoms. The summed E-state index contributed by atoms with van der Waals surface area (Å²) < 4.78 is 0. The Labute approximate surface area is 88.9 Å². The van der Waals surface area contributed by atoms with Gasteiger partial charge in [-0.15, -0.1) is 11.3 Å². The van der Waals surface area contributed by atoms with Crippen molar-refractivity contribution in [2.45, 2.75) is 18.4 Å². The Bertz CT molecular complexity index is 339. The molecule has 0 aromatic carbocycles. The quantitative estimate of drug-likeness (QED) is 0.694. The lowest BCUT2D eigenvalue weighted by Crippen LogP contribution is -2.49. The first-order chi connectivity index (χ1) is 6.83. The van der Waals surface area contributed by atoms with Gasteiger partial charge in [0, 0.05) is 18.0 Å². The van der Waals surface area contributed by atoms with Crippen molar-refractivity contribution in [3.8, 4) is 0 Å². The fourth-order valence-corrected chi connectivity index (χ4v) is 4.05. The molecule has 0 bridgehead atoms. The maximum atomic E-state index is 3.51. The normalized spacial score (nSPS) is 32.4. The highest BCUT2D eigenvalue weighted by Gasteiger charge is 2.43. The van der Waals surface area contributed by atoms with Crippen LogP contribution in [0.5, 0.6) is 0 Å². The van der Waals surface area contributed by atoms with E-state index in [1.165, 1.54) is 25.9 Å². The van der Waals surface area contributed by atoms with Crippen LogP contribution in [0.4, 0.5) is 0 Å². The summed E-state index contributed by atoms with van der Waals surface area (Å²) in [5.41, 5.74) is 1.93. The van der Waals surface area contributed by atoms with Gasteiger partial charge in [0.1, 0.15) is 0 Å². The zero-order valence-electron chi connectivity index (χ0n) is 8.55. The Balaban J connectivity index is 2.11. The van der Waals surface area contributed by atoms with E-state index in [0.29, 0.717) is 5.54 Å². The molecule has 1 aromatic heterocycles. The number of likely N-dealkylation sites (N-methyl/N-ethyl adjacent to an activating group) is 1. The largest absolute Gasteiger partial charge is 0.314 e. The zero-order chi connectivity index (χ0) is 9.60. The van der Waals surface area contributed by atoms with Crippen molar-refractivity contribution < 1.29 is 0 Å². The minimum atomic E-state index is 0.335. The molecule has 1 fully saturated rings. The standard InChI is InChI=1S/C11H16N2S/c1-13-6-2-9-3-7-14-10(9)11(13)4-5-12-8-11/h3,7,12H,2,4-6,8H2,1H3/t11-/m0/s1. The lowest BCUT2D eigenvalue weighted by molar-refractivity contribution is 0.129. The van der Waals surface area contributed by atoms with E-state index in [0.717, 1.165) is 6.54 Å². The zero-order valence-corrected chi connectivity index (χ0v) is 9.36. The van der Waals surface area contributed by atoms with Gasteiger partial charge in [0.15, 0.2) is 0 Å². The van der Waals surface area contributed by atoms with Crippen molar-refractivity contribution in [1.82, 2.24) is 10.2 Å². The summed E-state index contributed by atoms with van der Waals surface area (Å²) in [6.45, 7) is 3.52. The van der Waals surface area contributed by atoms with Crippen LogP contribution in [0.15, 0.2) is 11.4 Å². The molecule has 1 spiro atoms. The summed E-state index contributed by atoms with van der Waals surface area (Å²) in [5.74, 6) is 0. The monoisotopic (exact) mass is 208 g/mol. The molecule has 1 saturated heterocycles. The van der Waals surface area contributed by atoms with E-state index in [-0.39, 0.29) is 0 Å². The Morgan fingerprint density at radius 2 is 2.50 bits per heavy atom. The van der Waals surface area contributed by atoms with Gasteiger partial charge in [-0.2, -0.15) is 0 Å². The molecule has 0 aliphatic carbocycles. The van der Waals surface area contributed by atoms with Crippen molar-refractivity contribution >= 4 is 11.3 Å². The molecule has 2 aliphatic rings. The fourth-order valence-electron chi connectivity index (χ4n) is 2.81. The van der Waals surface area contributed by atoms with E-state index >= 15 is 0 Å². The molecule has 14 heavy (non-hydrogen) atoms. The van der Waals surface area contributed by atoms with E-state index < -0.39 is 0 Å². The summed E-state index contributed by atoms with van der Waals surface area (Å²) in [5, 5.41) is 5.76. The van der Waals surface area contributed by atoms with Crippen molar-refractivity contribution in [3.63, 3.8) is 0 Å². The summed E-state index contributed by atoms with van der Waals surface area (Å²) in [6.07, 6.45) is 2.51. The molecule has 0 saturated carbocycles. The van der Waals surface area contributed by atoms with E-state index in [2.05, 4.69) is 28.7 Å². The first-order valence-electron chi connectivity index (χ1n) is 5.32. The number of rotatable bonds is 0. The van der Waals surface area contributed by atoms with Gasteiger partial charge in [0.25, 0.3) is 0 Å². The summed E-state index contributed by atoms with van der Waals surface area (Å²) in [7, 11) is 2.27. The lowest BCUT2D eigenvalue weighted by Gasteiger charge is -2.42. The van der Waals surface area contributed by atoms with Gasteiger partial charge in [-0.1, -0.05) is 0 Å². The van der Waals surface area contributed by atoms with Gasteiger partial charge >= 0.3 is 0 Å². The van der Waals surface area contributed by atoms with Crippen molar-refractivity contribution in [2.75, 3.05) is 26.7 Å². The highest BCUT2D eigenvalue weighted by atomic mass is 32.1. The number of hydrogen-bond acceptors (Lipinski definition) is 3. The Morgan fingerprint density at radius 1 is 1.57 bits per heavy atom. The molecule has 2 nitrogen and oxygen atoms in total. The van der Waals surface area contributed by atoms with E-state index in [1.807, 2.05) is 11.3 Å². The topological polar surface area (TPSA) is 15.3 Å². The molecule has 3 rings (SSSR count). The average molecular weight is 208 g/mol. The molecule has 1 aromatic rings. The van der Waals surface area contributed by atoms with Crippen LogP contribution in [-0.2, 0) is 12.0 Å². The average Bonchev–Trinajstić information content (AvgIpc) is 2.82. The summed E-state index contributed by atoms with van der Waals surface area (Å²) >= 11 is 1.94. The molecule has 0 unspecified atom stereocenters. The van der Waals surface area contributed by atoms with Crippen LogP contribution in [0.2, 0.25) is 0 Å². The Hall–Kier alpha value is -0.380. The third kappa shape index (κ3) is 1.03. The smallest absolute Gasteiger partial charge is 0.0692 e. The van der Waals surface area contributed by atoms with Crippen LogP contribution < -0.4 is 5.32 Å². The number of hydrogen-bond donors (Lipinski definition) is 1. The highest BCUT2D eigenvalue weighted by molar-refractivity contribution is 7.10. The van der Waals surface area contributed by atoms with Crippen molar-refractivity contribution in [3.05, 3.63) is 21.9 Å². The van der Waals surface area contributed by atoms with Gasteiger partial charge in [0.05, 0.1) is 5.54 Å². The molecular weight excluding hydrogens is 192 g/mol. The van der Waals surface area contributed by atoms with Crippen LogP contribution in [0.3, 0.4) is 0 Å². The summed E-state index contributed by atoms with van der Waals surface area (Å²) in [6, 6.07) is 2.31. The third-order valence-electron chi connectivity index (χ3n) is 3.75. The molecule has 76 valence electrons.